The van der Waals surface area contributed by atoms with Gasteiger partial charge in [-0.3, -0.25) is 0 Å². The zero-order chi connectivity index (χ0) is 13.2. The average molecular weight is 308 g/mol. The Morgan fingerprint density at radius 1 is 1.11 bits per heavy atom. The van der Waals surface area contributed by atoms with Crippen LogP contribution in [0.15, 0.2) is 40.9 Å². The number of fused-ring (bicyclic) bond motifs is 1. The summed E-state index contributed by atoms with van der Waals surface area (Å²) in [7, 11) is 0. The second kappa shape index (κ2) is 5.29. The minimum Gasteiger partial charge on any atom is -0.493 e. The first-order valence-electron chi connectivity index (χ1n) is 6.02. The average Bonchev–Trinajstić information content (AvgIpc) is 2.36. The smallest absolute Gasteiger partial charge is 0.119 e. The number of rotatable bonds is 4. The van der Waals surface area contributed by atoms with Crippen molar-refractivity contribution >= 4 is 26.7 Å². The largest absolute Gasteiger partial charge is 0.493 e. The summed E-state index contributed by atoms with van der Waals surface area (Å²) in [6.07, 6.45) is 0. The van der Waals surface area contributed by atoms with Crippen LogP contribution in [0.1, 0.15) is 13.8 Å². The molecule has 2 aromatic rings. The highest BCUT2D eigenvalue weighted by molar-refractivity contribution is 9.10. The fourth-order valence-electron chi connectivity index (χ4n) is 1.62. The van der Waals surface area contributed by atoms with Crippen molar-refractivity contribution in [1.29, 1.82) is 0 Å². The molecule has 2 rings (SSSR count). The van der Waals surface area contributed by atoms with Gasteiger partial charge in [0.25, 0.3) is 0 Å². The molecule has 0 aliphatic heterocycles. The zero-order valence-electron chi connectivity index (χ0n) is 10.7. The Bertz CT molecular complexity index is 551. The molecule has 0 bridgehead atoms. The van der Waals surface area contributed by atoms with Gasteiger partial charge >= 0.3 is 0 Å². The van der Waals surface area contributed by atoms with Gasteiger partial charge in [0.15, 0.2) is 0 Å². The summed E-state index contributed by atoms with van der Waals surface area (Å²) in [5, 5.41) is 2.39. The molecule has 0 aliphatic carbocycles. The van der Waals surface area contributed by atoms with E-state index in [2.05, 4.69) is 54.0 Å². The van der Waals surface area contributed by atoms with Crippen LogP contribution in [0.25, 0.3) is 10.8 Å². The van der Waals surface area contributed by atoms with E-state index in [0.717, 1.165) is 10.2 Å². The van der Waals surface area contributed by atoms with E-state index in [4.69, 9.17) is 10.5 Å². The lowest BCUT2D eigenvalue weighted by Gasteiger charge is -2.22. The monoisotopic (exact) mass is 307 g/mol. The normalized spacial score (nSPS) is 11.8. The standard InChI is InChI=1S/C15H18BrNO/c1-15(2,9-17)10-18-14-6-4-11-7-13(16)5-3-12(11)8-14/h3-8H,9-10,17H2,1-2H3. The van der Waals surface area contributed by atoms with Crippen LogP contribution in [0, 0.1) is 5.41 Å². The van der Waals surface area contributed by atoms with E-state index < -0.39 is 0 Å². The maximum atomic E-state index is 5.81. The second-order valence-corrected chi connectivity index (χ2v) is 6.23. The van der Waals surface area contributed by atoms with E-state index in [9.17, 15) is 0 Å². The third-order valence-electron chi connectivity index (χ3n) is 2.96. The fraction of sp³-hybridized carbons (Fsp3) is 0.333. The van der Waals surface area contributed by atoms with Gasteiger partial charge in [-0.15, -0.1) is 0 Å². The van der Waals surface area contributed by atoms with Gasteiger partial charge in [0, 0.05) is 16.4 Å². The van der Waals surface area contributed by atoms with E-state index in [0.29, 0.717) is 13.2 Å². The third kappa shape index (κ3) is 3.24. The molecule has 2 aromatic carbocycles. The van der Waals surface area contributed by atoms with Crippen LogP contribution in [0.4, 0.5) is 0 Å². The Balaban J connectivity index is 2.18. The summed E-state index contributed by atoms with van der Waals surface area (Å²) >= 11 is 3.47. The second-order valence-electron chi connectivity index (χ2n) is 5.31. The highest BCUT2D eigenvalue weighted by atomic mass is 79.9. The predicted octanol–water partition coefficient (Wildman–Crippen LogP) is 3.97. The number of hydrogen-bond acceptors (Lipinski definition) is 2. The van der Waals surface area contributed by atoms with E-state index in [1.165, 1.54) is 10.8 Å². The molecule has 0 spiro atoms. The topological polar surface area (TPSA) is 35.2 Å². The fourth-order valence-corrected chi connectivity index (χ4v) is 2.00. The summed E-state index contributed by atoms with van der Waals surface area (Å²) in [6.45, 7) is 5.45. The van der Waals surface area contributed by atoms with Gasteiger partial charge in [0.2, 0.25) is 0 Å². The van der Waals surface area contributed by atoms with Crippen molar-refractivity contribution in [3.63, 3.8) is 0 Å². The number of halogens is 1. The molecule has 2 N–H and O–H groups in total. The summed E-state index contributed by atoms with van der Waals surface area (Å²) in [6, 6.07) is 12.4. The van der Waals surface area contributed by atoms with Crippen LogP contribution in [0.2, 0.25) is 0 Å². The van der Waals surface area contributed by atoms with Gasteiger partial charge in [-0.25, -0.2) is 0 Å². The molecule has 3 heteroatoms. The molecule has 0 radical (unpaired) electrons. The Labute approximate surface area is 116 Å². The molecule has 0 saturated heterocycles. The van der Waals surface area contributed by atoms with Crippen molar-refractivity contribution in [1.82, 2.24) is 0 Å². The van der Waals surface area contributed by atoms with Gasteiger partial charge in [-0.05, 0) is 35.0 Å². The molecule has 0 atom stereocenters. The van der Waals surface area contributed by atoms with Gasteiger partial charge in [-0.2, -0.15) is 0 Å². The molecular weight excluding hydrogens is 290 g/mol. The summed E-state index contributed by atoms with van der Waals surface area (Å²) < 4.78 is 6.90. The van der Waals surface area contributed by atoms with Gasteiger partial charge < -0.3 is 10.5 Å². The molecule has 18 heavy (non-hydrogen) atoms. The molecule has 0 aliphatic rings. The van der Waals surface area contributed by atoms with Crippen molar-refractivity contribution in [2.24, 2.45) is 11.1 Å². The van der Waals surface area contributed by atoms with E-state index in [-0.39, 0.29) is 5.41 Å². The SMILES string of the molecule is CC(C)(CN)COc1ccc2cc(Br)ccc2c1. The van der Waals surface area contributed by atoms with E-state index in [1.54, 1.807) is 0 Å². The first-order valence-corrected chi connectivity index (χ1v) is 6.82. The molecule has 0 amide bonds. The van der Waals surface area contributed by atoms with Crippen LogP contribution < -0.4 is 10.5 Å². The molecule has 0 saturated carbocycles. The Kier molecular flexibility index (Phi) is 3.93. The Hall–Kier alpha value is -1.06. The van der Waals surface area contributed by atoms with Crippen molar-refractivity contribution < 1.29 is 4.74 Å². The molecule has 2 nitrogen and oxygen atoms in total. The summed E-state index contributed by atoms with van der Waals surface area (Å²) in [5.74, 6) is 0.895. The molecular formula is C15H18BrNO. The zero-order valence-corrected chi connectivity index (χ0v) is 12.3. The lowest BCUT2D eigenvalue weighted by atomic mass is 9.95. The van der Waals surface area contributed by atoms with Crippen LogP contribution in [-0.4, -0.2) is 13.2 Å². The summed E-state index contributed by atoms with van der Waals surface area (Å²) in [4.78, 5) is 0. The molecule has 0 aromatic heterocycles. The third-order valence-corrected chi connectivity index (χ3v) is 3.45. The van der Waals surface area contributed by atoms with Gasteiger partial charge in [0.05, 0.1) is 6.61 Å². The van der Waals surface area contributed by atoms with E-state index >= 15 is 0 Å². The lowest BCUT2D eigenvalue weighted by molar-refractivity contribution is 0.187. The first-order chi connectivity index (χ1) is 8.50. The van der Waals surface area contributed by atoms with E-state index in [1.807, 2.05) is 12.1 Å². The molecule has 0 fully saturated rings. The quantitative estimate of drug-likeness (QED) is 0.927. The lowest BCUT2D eigenvalue weighted by Crippen LogP contribution is -2.30. The van der Waals surface area contributed by atoms with Crippen LogP contribution >= 0.6 is 15.9 Å². The van der Waals surface area contributed by atoms with Crippen molar-refractivity contribution in [3.8, 4) is 5.75 Å². The number of ether oxygens (including phenoxy) is 1. The van der Waals surface area contributed by atoms with Crippen molar-refractivity contribution in [3.05, 3.63) is 40.9 Å². The molecule has 0 unspecified atom stereocenters. The molecule has 96 valence electrons. The Morgan fingerprint density at radius 3 is 2.50 bits per heavy atom. The predicted molar refractivity (Wildman–Crippen MR) is 80.0 cm³/mol. The maximum absolute atomic E-state index is 5.81. The number of hydrogen-bond donors (Lipinski definition) is 1. The number of nitrogens with two attached hydrogens (primary N) is 1. The summed E-state index contributed by atoms with van der Waals surface area (Å²) in [5.41, 5.74) is 5.70. The van der Waals surface area contributed by atoms with Crippen LogP contribution in [0.3, 0.4) is 0 Å². The number of benzene rings is 2. The van der Waals surface area contributed by atoms with Crippen LogP contribution in [0.5, 0.6) is 5.75 Å². The first kappa shape index (κ1) is 13.4. The van der Waals surface area contributed by atoms with Crippen LogP contribution in [-0.2, 0) is 0 Å². The highest BCUT2D eigenvalue weighted by Crippen LogP contribution is 2.25. The maximum Gasteiger partial charge on any atom is 0.119 e. The van der Waals surface area contributed by atoms with Crippen molar-refractivity contribution in [2.75, 3.05) is 13.2 Å². The minimum absolute atomic E-state index is 0.00860. The Morgan fingerprint density at radius 2 is 1.78 bits per heavy atom. The molecule has 0 heterocycles. The minimum atomic E-state index is 0.00860. The highest BCUT2D eigenvalue weighted by Gasteiger charge is 2.16. The van der Waals surface area contributed by atoms with Gasteiger partial charge in [0.1, 0.15) is 5.75 Å². The van der Waals surface area contributed by atoms with Gasteiger partial charge in [-0.1, -0.05) is 41.9 Å². The van der Waals surface area contributed by atoms with Crippen molar-refractivity contribution in [2.45, 2.75) is 13.8 Å².